The van der Waals surface area contributed by atoms with Crippen molar-refractivity contribution >= 4 is 0 Å². The SMILES string of the molecule is Cc1cccc(C(NN)c2ccc3c(c2)COC3)c1C. The quantitative estimate of drug-likeness (QED) is 0.664. The minimum atomic E-state index is 0.0146. The third-order valence-corrected chi connectivity index (χ3v) is 4.20. The average molecular weight is 268 g/mol. The van der Waals surface area contributed by atoms with E-state index >= 15 is 0 Å². The molecule has 1 heterocycles. The van der Waals surface area contributed by atoms with Crippen LogP contribution in [-0.2, 0) is 18.0 Å². The van der Waals surface area contributed by atoms with E-state index in [4.69, 9.17) is 10.6 Å². The summed E-state index contributed by atoms with van der Waals surface area (Å²) in [5, 5.41) is 0. The molecule has 104 valence electrons. The zero-order valence-corrected chi connectivity index (χ0v) is 11.9. The summed E-state index contributed by atoms with van der Waals surface area (Å²) in [6.45, 7) is 5.70. The van der Waals surface area contributed by atoms with Crippen molar-refractivity contribution in [3.63, 3.8) is 0 Å². The van der Waals surface area contributed by atoms with Crippen LogP contribution in [0.1, 0.15) is 39.4 Å². The standard InChI is InChI=1S/C17H20N2O/c1-11-4-3-5-16(12(11)2)17(19-18)13-6-7-14-9-20-10-15(14)8-13/h3-8,17,19H,9-10,18H2,1-2H3. The highest BCUT2D eigenvalue weighted by Crippen LogP contribution is 2.29. The molecule has 3 rings (SSSR count). The molecule has 0 amide bonds. The molecule has 2 aromatic rings. The summed E-state index contributed by atoms with van der Waals surface area (Å²) < 4.78 is 5.48. The molecule has 0 spiro atoms. The largest absolute Gasteiger partial charge is 0.372 e. The van der Waals surface area contributed by atoms with Crippen molar-refractivity contribution in [3.05, 3.63) is 69.8 Å². The second-order valence-electron chi connectivity index (χ2n) is 5.41. The molecule has 3 nitrogen and oxygen atoms in total. The Bertz CT molecular complexity index is 637. The summed E-state index contributed by atoms with van der Waals surface area (Å²) in [5.74, 6) is 5.82. The first kappa shape index (κ1) is 13.3. The molecule has 1 atom stereocenters. The van der Waals surface area contributed by atoms with Gasteiger partial charge in [-0.2, -0.15) is 0 Å². The van der Waals surface area contributed by atoms with Crippen LogP contribution in [0.15, 0.2) is 36.4 Å². The van der Waals surface area contributed by atoms with Gasteiger partial charge >= 0.3 is 0 Å². The summed E-state index contributed by atoms with van der Waals surface area (Å²) in [4.78, 5) is 0. The summed E-state index contributed by atoms with van der Waals surface area (Å²) >= 11 is 0. The lowest BCUT2D eigenvalue weighted by Crippen LogP contribution is -2.29. The molecular weight excluding hydrogens is 248 g/mol. The highest BCUT2D eigenvalue weighted by Gasteiger charge is 2.18. The molecule has 3 N–H and O–H groups in total. The minimum Gasteiger partial charge on any atom is -0.372 e. The maximum Gasteiger partial charge on any atom is 0.0725 e. The number of fused-ring (bicyclic) bond motifs is 1. The second-order valence-corrected chi connectivity index (χ2v) is 5.41. The van der Waals surface area contributed by atoms with Gasteiger partial charge in [-0.1, -0.05) is 36.4 Å². The van der Waals surface area contributed by atoms with Crippen LogP contribution in [0.25, 0.3) is 0 Å². The fourth-order valence-electron chi connectivity index (χ4n) is 2.82. The summed E-state index contributed by atoms with van der Waals surface area (Å²) in [7, 11) is 0. The van der Waals surface area contributed by atoms with Gasteiger partial charge in [0.05, 0.1) is 19.3 Å². The molecule has 0 aromatic heterocycles. The van der Waals surface area contributed by atoms with Crippen molar-refractivity contribution in [1.29, 1.82) is 0 Å². The lowest BCUT2D eigenvalue weighted by molar-refractivity contribution is 0.134. The first-order chi connectivity index (χ1) is 9.70. The highest BCUT2D eigenvalue weighted by molar-refractivity contribution is 5.43. The van der Waals surface area contributed by atoms with E-state index in [0.717, 1.165) is 6.61 Å². The van der Waals surface area contributed by atoms with Crippen molar-refractivity contribution < 1.29 is 4.74 Å². The number of benzene rings is 2. The van der Waals surface area contributed by atoms with Crippen LogP contribution in [0.2, 0.25) is 0 Å². The third kappa shape index (κ3) is 2.24. The molecule has 0 aliphatic carbocycles. The van der Waals surface area contributed by atoms with E-state index in [1.807, 2.05) is 0 Å². The fraction of sp³-hybridized carbons (Fsp3) is 0.294. The van der Waals surface area contributed by atoms with Gasteiger partial charge in [0.15, 0.2) is 0 Å². The van der Waals surface area contributed by atoms with Crippen LogP contribution >= 0.6 is 0 Å². The fourth-order valence-corrected chi connectivity index (χ4v) is 2.82. The Morgan fingerprint density at radius 1 is 1.10 bits per heavy atom. The number of hydrogen-bond donors (Lipinski definition) is 2. The first-order valence-electron chi connectivity index (χ1n) is 6.92. The Morgan fingerprint density at radius 2 is 1.90 bits per heavy atom. The number of nitrogens with one attached hydrogen (secondary N) is 1. The Hall–Kier alpha value is -1.68. The molecule has 3 heteroatoms. The van der Waals surface area contributed by atoms with Crippen LogP contribution < -0.4 is 11.3 Å². The van der Waals surface area contributed by atoms with E-state index in [1.165, 1.54) is 33.4 Å². The van der Waals surface area contributed by atoms with E-state index in [1.54, 1.807) is 0 Å². The van der Waals surface area contributed by atoms with Crippen molar-refractivity contribution in [2.45, 2.75) is 33.1 Å². The van der Waals surface area contributed by atoms with Gasteiger partial charge in [0.1, 0.15) is 0 Å². The lowest BCUT2D eigenvalue weighted by atomic mass is 9.91. The Morgan fingerprint density at radius 3 is 2.70 bits per heavy atom. The van der Waals surface area contributed by atoms with Gasteiger partial charge in [0.2, 0.25) is 0 Å². The average Bonchev–Trinajstić information content (AvgIpc) is 2.92. The minimum absolute atomic E-state index is 0.0146. The normalized spacial score (nSPS) is 15.2. The van der Waals surface area contributed by atoms with Gasteiger partial charge < -0.3 is 4.74 Å². The highest BCUT2D eigenvalue weighted by atomic mass is 16.5. The molecule has 1 unspecified atom stereocenters. The molecule has 0 bridgehead atoms. The topological polar surface area (TPSA) is 47.3 Å². The zero-order chi connectivity index (χ0) is 14.1. The molecule has 20 heavy (non-hydrogen) atoms. The molecule has 2 aromatic carbocycles. The smallest absolute Gasteiger partial charge is 0.0725 e. The summed E-state index contributed by atoms with van der Waals surface area (Å²) in [5.41, 5.74) is 10.5. The van der Waals surface area contributed by atoms with Crippen molar-refractivity contribution in [2.24, 2.45) is 5.84 Å². The Kier molecular flexibility index (Phi) is 3.57. The molecule has 0 radical (unpaired) electrons. The molecular formula is C17H20N2O. The van der Waals surface area contributed by atoms with Gasteiger partial charge in [-0.15, -0.1) is 0 Å². The molecule has 0 saturated heterocycles. The van der Waals surface area contributed by atoms with Crippen molar-refractivity contribution in [3.8, 4) is 0 Å². The predicted octanol–water partition coefficient (Wildman–Crippen LogP) is 2.89. The first-order valence-corrected chi connectivity index (χ1v) is 6.92. The van der Waals surface area contributed by atoms with Gasteiger partial charge in [0, 0.05) is 0 Å². The summed E-state index contributed by atoms with van der Waals surface area (Å²) in [6.07, 6.45) is 0. The summed E-state index contributed by atoms with van der Waals surface area (Å²) in [6, 6.07) is 12.8. The van der Waals surface area contributed by atoms with E-state index in [-0.39, 0.29) is 6.04 Å². The van der Waals surface area contributed by atoms with Gasteiger partial charge in [-0.05, 0) is 47.2 Å². The van der Waals surface area contributed by atoms with Crippen LogP contribution in [-0.4, -0.2) is 0 Å². The van der Waals surface area contributed by atoms with E-state index < -0.39 is 0 Å². The number of aryl methyl sites for hydroxylation is 1. The molecule has 0 fully saturated rings. The van der Waals surface area contributed by atoms with Crippen molar-refractivity contribution in [2.75, 3.05) is 0 Å². The number of hydrazine groups is 1. The maximum atomic E-state index is 5.82. The van der Waals surface area contributed by atoms with E-state index in [0.29, 0.717) is 6.61 Å². The number of hydrogen-bond acceptors (Lipinski definition) is 3. The number of rotatable bonds is 3. The maximum absolute atomic E-state index is 5.82. The molecule has 1 aliphatic rings. The van der Waals surface area contributed by atoms with Gasteiger partial charge in [-0.25, -0.2) is 5.43 Å². The zero-order valence-electron chi connectivity index (χ0n) is 11.9. The van der Waals surface area contributed by atoms with Crippen LogP contribution in [0, 0.1) is 13.8 Å². The number of nitrogens with two attached hydrogens (primary N) is 1. The monoisotopic (exact) mass is 268 g/mol. The van der Waals surface area contributed by atoms with Crippen LogP contribution in [0.5, 0.6) is 0 Å². The molecule has 0 saturated carbocycles. The Labute approximate surface area is 119 Å². The van der Waals surface area contributed by atoms with Gasteiger partial charge in [-0.3, -0.25) is 5.84 Å². The Balaban J connectivity index is 2.03. The van der Waals surface area contributed by atoms with Crippen LogP contribution in [0.3, 0.4) is 0 Å². The van der Waals surface area contributed by atoms with E-state index in [2.05, 4.69) is 55.7 Å². The third-order valence-electron chi connectivity index (χ3n) is 4.20. The lowest BCUT2D eigenvalue weighted by Gasteiger charge is -2.20. The number of ether oxygens (including phenoxy) is 1. The van der Waals surface area contributed by atoms with E-state index in [9.17, 15) is 0 Å². The second kappa shape index (κ2) is 5.37. The van der Waals surface area contributed by atoms with Crippen molar-refractivity contribution in [1.82, 2.24) is 5.43 Å². The van der Waals surface area contributed by atoms with Crippen LogP contribution in [0.4, 0.5) is 0 Å². The molecule has 1 aliphatic heterocycles. The predicted molar refractivity (Wildman–Crippen MR) is 80.0 cm³/mol. The van der Waals surface area contributed by atoms with Gasteiger partial charge in [0.25, 0.3) is 0 Å².